The van der Waals surface area contributed by atoms with Crippen LogP contribution in [0, 0.1) is 0 Å². The molecule has 1 aliphatic heterocycles. The number of carbonyl (C=O) groups excluding carboxylic acids is 1. The fourth-order valence-electron chi connectivity index (χ4n) is 2.63. The van der Waals surface area contributed by atoms with Gasteiger partial charge < -0.3 is 36.1 Å². The van der Waals surface area contributed by atoms with Crippen LogP contribution in [-0.4, -0.2) is 71.2 Å². The molecule has 8 heteroatoms. The first-order valence-electron chi connectivity index (χ1n) is 7.90. The molecule has 142 valence electrons. The summed E-state index contributed by atoms with van der Waals surface area (Å²) in [5, 5.41) is 0. The largest absolute Gasteiger partial charge is 1.00 e. The minimum absolute atomic E-state index is 0. The number of nitrogens with zero attached hydrogens (tertiary/aromatic N) is 1. The molecule has 1 aromatic carbocycles. The van der Waals surface area contributed by atoms with Gasteiger partial charge >= 0.3 is 5.97 Å². The lowest BCUT2D eigenvalue weighted by molar-refractivity contribution is -0.000656. The third-order valence-corrected chi connectivity index (χ3v) is 3.83. The van der Waals surface area contributed by atoms with E-state index in [0.717, 1.165) is 13.1 Å². The Kier molecular flexibility index (Phi) is 8.82. The second kappa shape index (κ2) is 10.3. The van der Waals surface area contributed by atoms with Gasteiger partial charge in [-0.25, -0.2) is 4.79 Å². The number of methoxy groups -OCH3 is 3. The van der Waals surface area contributed by atoms with Crippen molar-refractivity contribution in [2.75, 3.05) is 54.2 Å². The molecule has 1 saturated heterocycles. The van der Waals surface area contributed by atoms with Crippen molar-refractivity contribution in [1.82, 2.24) is 4.90 Å². The minimum atomic E-state index is -0.421. The van der Waals surface area contributed by atoms with Crippen LogP contribution < -0.4 is 26.6 Å². The van der Waals surface area contributed by atoms with Gasteiger partial charge in [0.1, 0.15) is 6.10 Å². The van der Waals surface area contributed by atoms with Gasteiger partial charge in [0.25, 0.3) is 0 Å². The molecule has 0 aromatic heterocycles. The second-order valence-electron chi connectivity index (χ2n) is 5.54. The number of hydrogen-bond donors (Lipinski definition) is 0. The molecule has 2 rings (SSSR count). The van der Waals surface area contributed by atoms with E-state index in [4.69, 9.17) is 23.7 Å². The monoisotopic (exact) mass is 374 g/mol. The highest BCUT2D eigenvalue weighted by molar-refractivity contribution is 5.91. The number of ether oxygens (including phenoxy) is 5. The van der Waals surface area contributed by atoms with Gasteiger partial charge in [0, 0.05) is 19.6 Å². The Hall–Kier alpha value is -1.70. The van der Waals surface area contributed by atoms with Crippen LogP contribution >= 0.6 is 0 Å². The van der Waals surface area contributed by atoms with Crippen LogP contribution in [0.5, 0.6) is 17.2 Å². The number of benzene rings is 1. The Morgan fingerprint density at radius 2 is 1.68 bits per heavy atom. The SMILES string of the molecule is COc1cc(C(=O)OC(C)CN2CCOCC2)cc(OC)c1OC.[Cl-]. The molecule has 0 aliphatic carbocycles. The molecule has 1 heterocycles. The minimum Gasteiger partial charge on any atom is -1.00 e. The van der Waals surface area contributed by atoms with Crippen LogP contribution in [0.2, 0.25) is 0 Å². The Morgan fingerprint density at radius 1 is 1.12 bits per heavy atom. The standard InChI is InChI=1S/C17H25NO6.ClH/c1-12(11-18-5-7-23-8-6-18)24-17(19)13-9-14(20-2)16(22-4)15(10-13)21-3;/h9-10,12H,5-8,11H2,1-4H3;1H/p-1. The lowest BCUT2D eigenvalue weighted by Crippen LogP contribution is -3.00. The van der Waals surface area contributed by atoms with E-state index in [0.29, 0.717) is 42.6 Å². The molecular formula is C17H25ClNO6-. The van der Waals surface area contributed by atoms with Crippen LogP contribution in [0.1, 0.15) is 17.3 Å². The van der Waals surface area contributed by atoms with E-state index in [1.165, 1.54) is 21.3 Å². The van der Waals surface area contributed by atoms with Crippen molar-refractivity contribution in [2.24, 2.45) is 0 Å². The molecule has 1 aliphatic rings. The molecule has 0 spiro atoms. The molecular weight excluding hydrogens is 350 g/mol. The van der Waals surface area contributed by atoms with Gasteiger partial charge in [-0.2, -0.15) is 0 Å². The Morgan fingerprint density at radius 3 is 2.16 bits per heavy atom. The normalized spacial score (nSPS) is 15.7. The quantitative estimate of drug-likeness (QED) is 0.543. The molecule has 25 heavy (non-hydrogen) atoms. The zero-order chi connectivity index (χ0) is 17.5. The molecule has 0 saturated carbocycles. The molecule has 0 N–H and O–H groups in total. The number of esters is 1. The third-order valence-electron chi connectivity index (χ3n) is 3.83. The van der Waals surface area contributed by atoms with Crippen LogP contribution in [0.3, 0.4) is 0 Å². The van der Waals surface area contributed by atoms with Gasteiger partial charge in [0.05, 0.1) is 40.1 Å². The number of rotatable bonds is 7. The van der Waals surface area contributed by atoms with Gasteiger partial charge in [-0.3, -0.25) is 4.90 Å². The van der Waals surface area contributed by atoms with Gasteiger partial charge in [0.2, 0.25) is 5.75 Å². The van der Waals surface area contributed by atoms with E-state index in [2.05, 4.69) is 4.90 Å². The molecule has 0 amide bonds. The highest BCUT2D eigenvalue weighted by atomic mass is 35.5. The molecule has 0 bridgehead atoms. The van der Waals surface area contributed by atoms with Gasteiger partial charge in [-0.15, -0.1) is 0 Å². The molecule has 1 unspecified atom stereocenters. The van der Waals surface area contributed by atoms with Crippen LogP contribution in [0.4, 0.5) is 0 Å². The van der Waals surface area contributed by atoms with Crippen molar-refractivity contribution in [3.05, 3.63) is 17.7 Å². The van der Waals surface area contributed by atoms with E-state index < -0.39 is 5.97 Å². The van der Waals surface area contributed by atoms with E-state index in [1.807, 2.05) is 6.92 Å². The predicted molar refractivity (Wildman–Crippen MR) is 88.2 cm³/mol. The average molecular weight is 375 g/mol. The lowest BCUT2D eigenvalue weighted by atomic mass is 10.2. The first-order chi connectivity index (χ1) is 11.6. The fraction of sp³-hybridized carbons (Fsp3) is 0.588. The summed E-state index contributed by atoms with van der Waals surface area (Å²) in [5.74, 6) is 0.863. The van der Waals surface area contributed by atoms with E-state index in [1.54, 1.807) is 12.1 Å². The molecule has 0 radical (unpaired) electrons. The van der Waals surface area contributed by atoms with Crippen molar-refractivity contribution in [1.29, 1.82) is 0 Å². The molecule has 1 atom stereocenters. The Balaban J connectivity index is 0.00000312. The number of hydrogen-bond acceptors (Lipinski definition) is 7. The summed E-state index contributed by atoms with van der Waals surface area (Å²) < 4.78 is 26.6. The number of morpholine rings is 1. The zero-order valence-corrected chi connectivity index (χ0v) is 15.8. The molecule has 7 nitrogen and oxygen atoms in total. The van der Waals surface area contributed by atoms with Crippen LogP contribution in [-0.2, 0) is 9.47 Å². The fourth-order valence-corrected chi connectivity index (χ4v) is 2.63. The van der Waals surface area contributed by atoms with Crippen molar-refractivity contribution in [3.63, 3.8) is 0 Å². The van der Waals surface area contributed by atoms with Crippen molar-refractivity contribution < 1.29 is 40.9 Å². The summed E-state index contributed by atoms with van der Waals surface area (Å²) in [7, 11) is 4.53. The van der Waals surface area contributed by atoms with Crippen molar-refractivity contribution >= 4 is 5.97 Å². The number of carbonyl (C=O) groups is 1. The summed E-state index contributed by atoms with van der Waals surface area (Å²) in [4.78, 5) is 14.6. The Labute approximate surface area is 154 Å². The Bertz CT molecular complexity index is 537. The number of halogens is 1. The van der Waals surface area contributed by atoms with Gasteiger partial charge in [-0.05, 0) is 19.1 Å². The topological polar surface area (TPSA) is 66.5 Å². The van der Waals surface area contributed by atoms with E-state index in [-0.39, 0.29) is 18.5 Å². The average Bonchev–Trinajstić information content (AvgIpc) is 2.60. The first-order valence-corrected chi connectivity index (χ1v) is 7.90. The van der Waals surface area contributed by atoms with Crippen molar-refractivity contribution in [3.8, 4) is 17.2 Å². The van der Waals surface area contributed by atoms with E-state index >= 15 is 0 Å². The third kappa shape index (κ3) is 5.66. The van der Waals surface area contributed by atoms with Gasteiger partial charge in [0.15, 0.2) is 11.5 Å². The van der Waals surface area contributed by atoms with Gasteiger partial charge in [-0.1, -0.05) is 0 Å². The van der Waals surface area contributed by atoms with Crippen molar-refractivity contribution in [2.45, 2.75) is 13.0 Å². The van der Waals surface area contributed by atoms with E-state index in [9.17, 15) is 4.79 Å². The summed E-state index contributed by atoms with van der Waals surface area (Å²) >= 11 is 0. The second-order valence-corrected chi connectivity index (χ2v) is 5.54. The summed E-state index contributed by atoms with van der Waals surface area (Å²) in [6, 6.07) is 3.18. The summed E-state index contributed by atoms with van der Waals surface area (Å²) in [6.07, 6.45) is -0.227. The predicted octanol–water partition coefficient (Wildman–Crippen LogP) is -1.41. The maximum atomic E-state index is 12.4. The smallest absolute Gasteiger partial charge is 0.338 e. The maximum Gasteiger partial charge on any atom is 0.338 e. The summed E-state index contributed by atoms with van der Waals surface area (Å²) in [6.45, 7) is 5.70. The molecule has 1 fully saturated rings. The molecule has 1 aromatic rings. The lowest BCUT2D eigenvalue weighted by Gasteiger charge is -2.28. The van der Waals surface area contributed by atoms with Crippen LogP contribution in [0.15, 0.2) is 12.1 Å². The zero-order valence-electron chi connectivity index (χ0n) is 15.0. The highest BCUT2D eigenvalue weighted by Crippen LogP contribution is 2.38. The first kappa shape index (κ1) is 21.3. The summed E-state index contributed by atoms with van der Waals surface area (Å²) in [5.41, 5.74) is 0.360. The maximum absolute atomic E-state index is 12.4. The highest BCUT2D eigenvalue weighted by Gasteiger charge is 2.21. The van der Waals surface area contributed by atoms with Crippen LogP contribution in [0.25, 0.3) is 0 Å².